The van der Waals surface area contributed by atoms with Crippen LogP contribution in [0.15, 0.2) is 48.5 Å². The van der Waals surface area contributed by atoms with Gasteiger partial charge in [-0.2, -0.15) is 0 Å². The van der Waals surface area contributed by atoms with E-state index in [2.05, 4.69) is 4.90 Å². The van der Waals surface area contributed by atoms with Gasteiger partial charge < -0.3 is 9.64 Å². The third-order valence-electron chi connectivity index (χ3n) is 5.30. The summed E-state index contributed by atoms with van der Waals surface area (Å²) >= 11 is 0. The Morgan fingerprint density at radius 2 is 1.69 bits per heavy atom. The van der Waals surface area contributed by atoms with Crippen LogP contribution in [-0.4, -0.2) is 61.3 Å². The van der Waals surface area contributed by atoms with E-state index in [-0.39, 0.29) is 17.5 Å². The first-order valence-corrected chi connectivity index (χ1v) is 9.97. The molecule has 0 aliphatic carbocycles. The second-order valence-electron chi connectivity index (χ2n) is 7.25. The Labute approximate surface area is 171 Å². The van der Waals surface area contributed by atoms with Crippen LogP contribution in [0.25, 0.3) is 0 Å². The van der Waals surface area contributed by atoms with Crippen LogP contribution < -0.4 is 4.74 Å². The maximum absolute atomic E-state index is 13.6. The first kappa shape index (κ1) is 21.0. The fraction of sp³-hybridized carbons (Fsp3) is 0.391. The van der Waals surface area contributed by atoms with Gasteiger partial charge in [-0.3, -0.25) is 14.5 Å². The molecule has 0 aromatic heterocycles. The number of methoxy groups -OCH3 is 1. The molecule has 1 aliphatic rings. The summed E-state index contributed by atoms with van der Waals surface area (Å²) in [5.74, 6) is 0.679. The van der Waals surface area contributed by atoms with E-state index in [1.165, 1.54) is 6.07 Å². The lowest BCUT2D eigenvalue weighted by Gasteiger charge is -2.34. The highest BCUT2D eigenvalue weighted by Crippen LogP contribution is 2.14. The predicted octanol–water partition coefficient (Wildman–Crippen LogP) is 3.18. The molecule has 1 heterocycles. The van der Waals surface area contributed by atoms with Gasteiger partial charge in [0, 0.05) is 38.2 Å². The molecule has 29 heavy (non-hydrogen) atoms. The van der Waals surface area contributed by atoms with Gasteiger partial charge in [-0.25, -0.2) is 4.39 Å². The lowest BCUT2D eigenvalue weighted by molar-refractivity contribution is -0.132. The van der Waals surface area contributed by atoms with E-state index in [9.17, 15) is 14.0 Å². The molecular weight excluding hydrogens is 371 g/mol. The highest BCUT2D eigenvalue weighted by atomic mass is 19.1. The molecule has 2 aromatic carbocycles. The minimum atomic E-state index is -0.213. The lowest BCUT2D eigenvalue weighted by Crippen LogP contribution is -2.49. The normalized spacial score (nSPS) is 14.6. The molecule has 0 spiro atoms. The fourth-order valence-electron chi connectivity index (χ4n) is 3.52. The molecule has 1 saturated heterocycles. The molecule has 6 heteroatoms. The van der Waals surface area contributed by atoms with E-state index >= 15 is 0 Å². The molecule has 1 aliphatic heterocycles. The summed E-state index contributed by atoms with van der Waals surface area (Å²) in [4.78, 5) is 28.8. The van der Waals surface area contributed by atoms with E-state index < -0.39 is 0 Å². The van der Waals surface area contributed by atoms with Crippen molar-refractivity contribution in [3.63, 3.8) is 0 Å². The summed E-state index contributed by atoms with van der Waals surface area (Å²) in [6, 6.07) is 13.8. The molecule has 0 saturated carbocycles. The van der Waals surface area contributed by atoms with Gasteiger partial charge in [-0.1, -0.05) is 18.2 Å². The summed E-state index contributed by atoms with van der Waals surface area (Å²) in [6.45, 7) is 2.95. The maximum Gasteiger partial charge on any atom is 0.222 e. The van der Waals surface area contributed by atoms with Crippen LogP contribution >= 0.6 is 0 Å². The largest absolute Gasteiger partial charge is 0.497 e. The molecule has 0 atom stereocenters. The molecule has 3 rings (SSSR count). The Morgan fingerprint density at radius 3 is 2.34 bits per heavy atom. The number of carbonyl (C=O) groups is 2. The number of hydrogen-bond donors (Lipinski definition) is 0. The van der Waals surface area contributed by atoms with E-state index in [1.54, 1.807) is 43.5 Å². The van der Waals surface area contributed by atoms with Crippen molar-refractivity contribution < 1.29 is 18.7 Å². The number of amides is 1. The topological polar surface area (TPSA) is 49.9 Å². The van der Waals surface area contributed by atoms with Crippen molar-refractivity contribution in [2.75, 3.05) is 39.8 Å². The van der Waals surface area contributed by atoms with Crippen LogP contribution in [0.4, 0.5) is 4.39 Å². The van der Waals surface area contributed by atoms with Crippen molar-refractivity contribution in [3.05, 3.63) is 65.5 Å². The molecule has 5 nitrogen and oxygen atoms in total. The molecule has 0 unspecified atom stereocenters. The van der Waals surface area contributed by atoms with Crippen LogP contribution in [0.5, 0.6) is 5.75 Å². The van der Waals surface area contributed by atoms with Crippen molar-refractivity contribution >= 4 is 11.7 Å². The Bertz CT molecular complexity index is 830. The van der Waals surface area contributed by atoms with E-state index in [1.807, 2.05) is 11.0 Å². The van der Waals surface area contributed by atoms with Gasteiger partial charge in [0.05, 0.1) is 13.7 Å². The number of carbonyl (C=O) groups excluding carboxylic acids is 2. The third-order valence-corrected chi connectivity index (χ3v) is 5.30. The van der Waals surface area contributed by atoms with Crippen LogP contribution in [0.1, 0.15) is 28.8 Å². The number of benzene rings is 2. The molecule has 0 bridgehead atoms. The minimum Gasteiger partial charge on any atom is -0.497 e. The predicted molar refractivity (Wildman–Crippen MR) is 110 cm³/mol. The van der Waals surface area contributed by atoms with Gasteiger partial charge in [0.2, 0.25) is 5.91 Å². The van der Waals surface area contributed by atoms with Crippen LogP contribution in [0.2, 0.25) is 0 Å². The van der Waals surface area contributed by atoms with Gasteiger partial charge in [0.1, 0.15) is 11.6 Å². The van der Waals surface area contributed by atoms with Crippen LogP contribution in [-0.2, 0) is 11.2 Å². The number of hydrogen-bond acceptors (Lipinski definition) is 4. The number of aryl methyl sites for hydroxylation is 1. The zero-order valence-electron chi connectivity index (χ0n) is 16.8. The third kappa shape index (κ3) is 5.87. The minimum absolute atomic E-state index is 0.0670. The smallest absolute Gasteiger partial charge is 0.222 e. The summed E-state index contributed by atoms with van der Waals surface area (Å²) in [5, 5.41) is 0. The number of halogens is 1. The summed E-state index contributed by atoms with van der Waals surface area (Å²) in [6.07, 6.45) is 1.61. The first-order valence-electron chi connectivity index (χ1n) is 9.97. The van der Waals surface area contributed by atoms with E-state index in [4.69, 9.17) is 4.74 Å². The lowest BCUT2D eigenvalue weighted by atomic mass is 10.1. The summed E-state index contributed by atoms with van der Waals surface area (Å²) in [5.41, 5.74) is 1.32. The average molecular weight is 398 g/mol. The monoisotopic (exact) mass is 398 g/mol. The second kappa shape index (κ2) is 10.2. The second-order valence-corrected chi connectivity index (χ2v) is 7.25. The van der Waals surface area contributed by atoms with Crippen molar-refractivity contribution in [1.29, 1.82) is 0 Å². The molecule has 0 radical (unpaired) electrons. The Balaban J connectivity index is 1.39. The quantitative estimate of drug-likeness (QED) is 0.641. The van der Waals surface area contributed by atoms with Gasteiger partial charge in [0.25, 0.3) is 0 Å². The van der Waals surface area contributed by atoms with Crippen molar-refractivity contribution in [1.82, 2.24) is 9.80 Å². The van der Waals surface area contributed by atoms with E-state index in [0.29, 0.717) is 63.1 Å². The molecule has 1 amide bonds. The van der Waals surface area contributed by atoms with Crippen molar-refractivity contribution in [3.8, 4) is 5.75 Å². The van der Waals surface area contributed by atoms with Crippen LogP contribution in [0.3, 0.4) is 0 Å². The summed E-state index contributed by atoms with van der Waals surface area (Å²) in [7, 11) is 1.59. The number of nitrogens with zero attached hydrogens (tertiary/aromatic N) is 2. The van der Waals surface area contributed by atoms with Gasteiger partial charge >= 0.3 is 0 Å². The zero-order valence-corrected chi connectivity index (χ0v) is 16.8. The Hall–Kier alpha value is -2.73. The standard InChI is InChI=1S/C23H27FN2O3/c1-29-20-11-9-19(10-12-20)22(27)17-25-13-15-26(16-14-25)23(28)8-4-6-18-5-2-3-7-21(18)24/h2-3,5,7,9-12H,4,6,8,13-17H2,1H3. The Morgan fingerprint density at radius 1 is 1.00 bits per heavy atom. The number of piperazine rings is 1. The zero-order chi connectivity index (χ0) is 20.6. The highest BCUT2D eigenvalue weighted by molar-refractivity contribution is 5.97. The van der Waals surface area contributed by atoms with Gasteiger partial charge in [-0.15, -0.1) is 0 Å². The number of Topliss-reactive ketones (excluding diaryl/α,β-unsaturated/α-hetero) is 1. The van der Waals surface area contributed by atoms with Crippen molar-refractivity contribution in [2.45, 2.75) is 19.3 Å². The van der Waals surface area contributed by atoms with Crippen LogP contribution in [0, 0.1) is 5.82 Å². The first-order chi connectivity index (χ1) is 14.1. The molecular formula is C23H27FN2O3. The molecule has 1 fully saturated rings. The molecule has 2 aromatic rings. The SMILES string of the molecule is COc1ccc(C(=O)CN2CCN(C(=O)CCCc3ccccc3F)CC2)cc1. The summed E-state index contributed by atoms with van der Waals surface area (Å²) < 4.78 is 18.8. The molecule has 0 N–H and O–H groups in total. The van der Waals surface area contributed by atoms with Gasteiger partial charge in [-0.05, 0) is 48.7 Å². The average Bonchev–Trinajstić information content (AvgIpc) is 2.75. The fourth-order valence-corrected chi connectivity index (χ4v) is 3.52. The van der Waals surface area contributed by atoms with Gasteiger partial charge in [0.15, 0.2) is 5.78 Å². The molecule has 154 valence electrons. The number of ether oxygens (including phenoxy) is 1. The maximum atomic E-state index is 13.6. The number of ketones is 1. The number of rotatable bonds is 8. The van der Waals surface area contributed by atoms with Crippen molar-refractivity contribution in [2.24, 2.45) is 0 Å². The Kier molecular flexibility index (Phi) is 7.36. The van der Waals surface area contributed by atoms with E-state index in [0.717, 1.165) is 5.75 Å². The highest BCUT2D eigenvalue weighted by Gasteiger charge is 2.22.